The number of rotatable bonds is 13. The summed E-state index contributed by atoms with van der Waals surface area (Å²) in [5.74, 6) is -0.471. The zero-order valence-corrected chi connectivity index (χ0v) is 15.4. The number of carbonyl (C=O) groups is 2. The van der Waals surface area contributed by atoms with Gasteiger partial charge in [-0.25, -0.2) is 0 Å². The summed E-state index contributed by atoms with van der Waals surface area (Å²) in [5, 5.41) is 0. The summed E-state index contributed by atoms with van der Waals surface area (Å²) in [6.45, 7) is 5.98. The highest BCUT2D eigenvalue weighted by Crippen LogP contribution is 2.16. The Balaban J connectivity index is 1.88. The highest BCUT2D eigenvalue weighted by molar-refractivity contribution is 6.47. The zero-order valence-electron chi connectivity index (χ0n) is 15.4. The Bertz CT molecular complexity index is 636. The van der Waals surface area contributed by atoms with E-state index >= 15 is 0 Å². The van der Waals surface area contributed by atoms with Crippen molar-refractivity contribution in [3.63, 3.8) is 0 Å². The molecule has 2 heterocycles. The topological polar surface area (TPSA) is 78.9 Å². The molecule has 142 valence electrons. The molecule has 2 aromatic heterocycles. The normalized spacial score (nSPS) is 11.0. The fraction of sp³-hybridized carbons (Fsp3) is 0.500. The highest BCUT2D eigenvalue weighted by atomic mass is 16.5. The molecular formula is C20H26O6. The van der Waals surface area contributed by atoms with Crippen LogP contribution < -0.4 is 0 Å². The zero-order chi connectivity index (χ0) is 18.8. The molecule has 0 bridgehead atoms. The summed E-state index contributed by atoms with van der Waals surface area (Å²) in [4.78, 5) is 24.5. The second-order valence-electron chi connectivity index (χ2n) is 6.00. The molecular weight excluding hydrogens is 336 g/mol. The molecule has 6 nitrogen and oxygen atoms in total. The molecule has 0 atom stereocenters. The van der Waals surface area contributed by atoms with E-state index in [2.05, 4.69) is 13.8 Å². The van der Waals surface area contributed by atoms with Crippen LogP contribution in [0.3, 0.4) is 0 Å². The third-order valence-corrected chi connectivity index (χ3v) is 3.75. The lowest BCUT2D eigenvalue weighted by atomic mass is 10.2. The van der Waals surface area contributed by atoms with Gasteiger partial charge in [0.25, 0.3) is 11.6 Å². The summed E-state index contributed by atoms with van der Waals surface area (Å²) < 4.78 is 21.7. The Morgan fingerprint density at radius 1 is 0.769 bits per heavy atom. The Labute approximate surface area is 153 Å². The van der Waals surface area contributed by atoms with Crippen molar-refractivity contribution in [3.05, 3.63) is 47.3 Å². The minimum Gasteiger partial charge on any atom is -0.455 e. The fourth-order valence-electron chi connectivity index (χ4n) is 2.22. The molecule has 0 amide bonds. The lowest BCUT2D eigenvalue weighted by Crippen LogP contribution is -2.12. The van der Waals surface area contributed by atoms with Gasteiger partial charge in [0, 0.05) is 13.2 Å². The molecule has 0 unspecified atom stereocenters. The van der Waals surface area contributed by atoms with Gasteiger partial charge in [0.05, 0.1) is 0 Å². The first-order valence-electron chi connectivity index (χ1n) is 9.07. The summed E-state index contributed by atoms with van der Waals surface area (Å²) in [7, 11) is 0. The molecule has 2 aromatic rings. The fourth-order valence-corrected chi connectivity index (χ4v) is 2.22. The van der Waals surface area contributed by atoms with Crippen LogP contribution in [0.1, 0.15) is 72.2 Å². The predicted molar refractivity (Wildman–Crippen MR) is 95.2 cm³/mol. The minimum absolute atomic E-state index is 0.0127. The minimum atomic E-state index is -0.738. The number of furan rings is 2. The molecule has 0 aliphatic carbocycles. The Morgan fingerprint density at radius 3 is 1.58 bits per heavy atom. The third-order valence-electron chi connectivity index (χ3n) is 3.75. The van der Waals surface area contributed by atoms with E-state index in [4.69, 9.17) is 18.3 Å². The van der Waals surface area contributed by atoms with Gasteiger partial charge in [-0.3, -0.25) is 9.59 Å². The Morgan fingerprint density at radius 2 is 1.19 bits per heavy atom. The standard InChI is InChI=1S/C20H26O6/c1-3-5-11-23-13-15-7-9-17(25-15)19(21)20(22)18-10-8-16(26-18)14-24-12-6-4-2/h7-10H,3-6,11-14H2,1-2H3. The van der Waals surface area contributed by atoms with Crippen LogP contribution in [-0.2, 0) is 22.7 Å². The molecule has 26 heavy (non-hydrogen) atoms. The predicted octanol–water partition coefficient (Wildman–Crippen LogP) is 4.57. The summed E-state index contributed by atoms with van der Waals surface area (Å²) in [6.07, 6.45) is 4.03. The highest BCUT2D eigenvalue weighted by Gasteiger charge is 2.24. The van der Waals surface area contributed by atoms with Crippen LogP contribution in [0.15, 0.2) is 33.1 Å². The van der Waals surface area contributed by atoms with Gasteiger partial charge in [0.15, 0.2) is 11.5 Å². The number of hydrogen-bond donors (Lipinski definition) is 0. The molecule has 0 saturated heterocycles. The average Bonchev–Trinajstić information content (AvgIpc) is 3.31. The first-order valence-corrected chi connectivity index (χ1v) is 9.07. The van der Waals surface area contributed by atoms with Crippen LogP contribution in [0.2, 0.25) is 0 Å². The monoisotopic (exact) mass is 362 g/mol. The summed E-state index contributed by atoms with van der Waals surface area (Å²) in [6, 6.07) is 6.25. The molecule has 0 aliphatic heterocycles. The number of unbranched alkanes of at least 4 members (excludes halogenated alkanes) is 2. The second-order valence-corrected chi connectivity index (χ2v) is 6.00. The Kier molecular flexibility index (Phi) is 8.31. The van der Waals surface area contributed by atoms with Crippen LogP contribution in [0.4, 0.5) is 0 Å². The number of carbonyl (C=O) groups excluding carboxylic acids is 2. The Hall–Kier alpha value is -2.18. The van der Waals surface area contributed by atoms with Gasteiger partial charge in [0.2, 0.25) is 0 Å². The smallest absolute Gasteiger partial charge is 0.271 e. The molecule has 0 N–H and O–H groups in total. The average molecular weight is 362 g/mol. The third kappa shape index (κ3) is 5.97. The number of Topliss-reactive ketones (excluding diaryl/α,β-unsaturated/α-hetero) is 2. The van der Waals surface area contributed by atoms with Gasteiger partial charge >= 0.3 is 0 Å². The van der Waals surface area contributed by atoms with Crippen LogP contribution in [0, 0.1) is 0 Å². The lowest BCUT2D eigenvalue weighted by Gasteiger charge is -2.00. The van der Waals surface area contributed by atoms with E-state index in [-0.39, 0.29) is 24.7 Å². The molecule has 2 rings (SSSR count). The molecule has 0 radical (unpaired) electrons. The summed E-state index contributed by atoms with van der Waals surface area (Å²) in [5.41, 5.74) is 0. The van der Waals surface area contributed by atoms with Crippen LogP contribution in [-0.4, -0.2) is 24.8 Å². The van der Waals surface area contributed by atoms with Gasteiger partial charge in [0.1, 0.15) is 24.7 Å². The van der Waals surface area contributed by atoms with Crippen molar-refractivity contribution in [2.24, 2.45) is 0 Å². The molecule has 0 aromatic carbocycles. The number of ketones is 2. The van der Waals surface area contributed by atoms with Crippen molar-refractivity contribution in [3.8, 4) is 0 Å². The van der Waals surface area contributed by atoms with Crippen molar-refractivity contribution in [1.82, 2.24) is 0 Å². The molecule has 6 heteroatoms. The van der Waals surface area contributed by atoms with Gasteiger partial charge in [-0.2, -0.15) is 0 Å². The second kappa shape index (κ2) is 10.7. The van der Waals surface area contributed by atoms with Crippen molar-refractivity contribution >= 4 is 11.6 Å². The van der Waals surface area contributed by atoms with E-state index in [1.807, 2.05) is 0 Å². The first-order chi connectivity index (χ1) is 12.7. The van der Waals surface area contributed by atoms with E-state index in [1.54, 1.807) is 12.1 Å². The van der Waals surface area contributed by atoms with E-state index < -0.39 is 11.6 Å². The maximum absolute atomic E-state index is 12.3. The SMILES string of the molecule is CCCCOCc1ccc(C(=O)C(=O)c2ccc(COCCCC)o2)o1. The van der Waals surface area contributed by atoms with Crippen molar-refractivity contribution in [2.45, 2.75) is 52.7 Å². The maximum Gasteiger partial charge on any atom is 0.271 e. The maximum atomic E-state index is 12.3. The van der Waals surface area contributed by atoms with Gasteiger partial charge < -0.3 is 18.3 Å². The lowest BCUT2D eigenvalue weighted by molar-refractivity contribution is 0.0763. The summed E-state index contributed by atoms with van der Waals surface area (Å²) >= 11 is 0. The van der Waals surface area contributed by atoms with Gasteiger partial charge in [-0.1, -0.05) is 26.7 Å². The first kappa shape index (κ1) is 20.1. The van der Waals surface area contributed by atoms with E-state index in [1.165, 1.54) is 12.1 Å². The molecule has 0 saturated carbocycles. The van der Waals surface area contributed by atoms with Gasteiger partial charge in [-0.15, -0.1) is 0 Å². The van der Waals surface area contributed by atoms with Crippen LogP contribution >= 0.6 is 0 Å². The van der Waals surface area contributed by atoms with Crippen LogP contribution in [0.25, 0.3) is 0 Å². The van der Waals surface area contributed by atoms with Crippen LogP contribution in [0.5, 0.6) is 0 Å². The van der Waals surface area contributed by atoms with Crippen molar-refractivity contribution in [2.75, 3.05) is 13.2 Å². The molecule has 0 spiro atoms. The quantitative estimate of drug-likeness (QED) is 0.295. The number of hydrogen-bond acceptors (Lipinski definition) is 6. The van der Waals surface area contributed by atoms with E-state index in [9.17, 15) is 9.59 Å². The molecule has 0 aliphatic rings. The van der Waals surface area contributed by atoms with Crippen molar-refractivity contribution < 1.29 is 27.9 Å². The van der Waals surface area contributed by atoms with E-state index in [0.717, 1.165) is 25.7 Å². The van der Waals surface area contributed by atoms with E-state index in [0.29, 0.717) is 24.7 Å². The number of ether oxygens (including phenoxy) is 2. The largest absolute Gasteiger partial charge is 0.455 e. The van der Waals surface area contributed by atoms with Crippen molar-refractivity contribution in [1.29, 1.82) is 0 Å². The van der Waals surface area contributed by atoms with Gasteiger partial charge in [-0.05, 0) is 37.1 Å². The molecule has 0 fully saturated rings.